The average molecular weight is 456 g/mol. The summed E-state index contributed by atoms with van der Waals surface area (Å²) in [6.07, 6.45) is -1.17. The zero-order chi connectivity index (χ0) is 23.1. The zero-order valence-corrected chi connectivity index (χ0v) is 18.3. The van der Waals surface area contributed by atoms with Crippen LogP contribution in [0, 0.1) is 5.82 Å². The van der Waals surface area contributed by atoms with Crippen LogP contribution in [0.2, 0.25) is 0 Å². The van der Waals surface area contributed by atoms with Crippen molar-refractivity contribution >= 4 is 15.7 Å². The van der Waals surface area contributed by atoms with Gasteiger partial charge in [0.1, 0.15) is 23.3 Å². The maximum Gasteiger partial charge on any atom is 0.251 e. The molecule has 3 aromatic rings. The van der Waals surface area contributed by atoms with E-state index in [0.717, 1.165) is 12.1 Å². The Kier molecular flexibility index (Phi) is 5.52. The van der Waals surface area contributed by atoms with Gasteiger partial charge in [-0.3, -0.25) is 4.79 Å². The van der Waals surface area contributed by atoms with Crippen molar-refractivity contribution in [2.45, 2.75) is 41.4 Å². The lowest BCUT2D eigenvalue weighted by Crippen LogP contribution is -2.53. The van der Waals surface area contributed by atoms with E-state index in [0.29, 0.717) is 11.3 Å². The normalized spacial score (nSPS) is 19.5. The van der Waals surface area contributed by atoms with Gasteiger partial charge in [-0.1, -0.05) is 18.2 Å². The summed E-state index contributed by atoms with van der Waals surface area (Å²) in [6.45, 7) is 3.35. The molecule has 1 aliphatic rings. The van der Waals surface area contributed by atoms with Gasteiger partial charge in [0.25, 0.3) is 5.91 Å². The number of sulfone groups is 1. The lowest BCUT2D eigenvalue weighted by atomic mass is 9.86. The summed E-state index contributed by atoms with van der Waals surface area (Å²) in [4.78, 5) is 12.9. The highest BCUT2D eigenvalue weighted by Crippen LogP contribution is 2.41. The summed E-state index contributed by atoms with van der Waals surface area (Å²) in [6, 6.07) is 16.4. The standard InChI is InChI=1S/C24H22FNO5S/c1-24(2)22(27)21(26-23(28)15-8-10-16(25)11-9-15)19-14-18(12-13-20(19)31-24)32(29,30)17-6-4-3-5-7-17/h3-14,21-22,27H,1-2H3,(H,26,28)/t21-,22+/m1/s1. The molecule has 0 aromatic heterocycles. The molecule has 0 saturated heterocycles. The van der Waals surface area contributed by atoms with Crippen LogP contribution in [0.25, 0.3) is 0 Å². The average Bonchev–Trinajstić information content (AvgIpc) is 2.77. The number of carbonyl (C=O) groups excluding carboxylic acids is 1. The molecule has 32 heavy (non-hydrogen) atoms. The molecule has 2 N–H and O–H groups in total. The highest BCUT2D eigenvalue weighted by Gasteiger charge is 2.44. The maximum atomic E-state index is 13.2. The molecule has 8 heteroatoms. The topological polar surface area (TPSA) is 92.7 Å². The Labute approximate surface area is 185 Å². The van der Waals surface area contributed by atoms with Gasteiger partial charge in [-0.2, -0.15) is 0 Å². The molecule has 3 aromatic carbocycles. The van der Waals surface area contributed by atoms with Crippen LogP contribution in [-0.2, 0) is 9.84 Å². The van der Waals surface area contributed by atoms with Gasteiger partial charge in [0.05, 0.1) is 15.8 Å². The zero-order valence-electron chi connectivity index (χ0n) is 17.4. The first-order chi connectivity index (χ1) is 15.1. The van der Waals surface area contributed by atoms with Crippen molar-refractivity contribution in [2.24, 2.45) is 0 Å². The van der Waals surface area contributed by atoms with Crippen molar-refractivity contribution < 1.29 is 27.4 Å². The largest absolute Gasteiger partial charge is 0.485 e. The van der Waals surface area contributed by atoms with Gasteiger partial charge in [0.15, 0.2) is 0 Å². The minimum absolute atomic E-state index is 0.0130. The van der Waals surface area contributed by atoms with Gasteiger partial charge in [-0.05, 0) is 68.4 Å². The summed E-state index contributed by atoms with van der Waals surface area (Å²) in [5.74, 6) is -0.652. The lowest BCUT2D eigenvalue weighted by Gasteiger charge is -2.42. The van der Waals surface area contributed by atoms with Gasteiger partial charge in [0, 0.05) is 11.1 Å². The highest BCUT2D eigenvalue weighted by atomic mass is 32.2. The Morgan fingerprint density at radius 1 is 1.00 bits per heavy atom. The van der Waals surface area contributed by atoms with Crippen LogP contribution in [0.3, 0.4) is 0 Å². The summed E-state index contributed by atoms with van der Waals surface area (Å²) >= 11 is 0. The van der Waals surface area contributed by atoms with E-state index in [1.165, 1.54) is 42.5 Å². The third-order valence-electron chi connectivity index (χ3n) is 5.47. The Morgan fingerprint density at radius 3 is 2.31 bits per heavy atom. The second-order valence-corrected chi connectivity index (χ2v) is 10.1. The molecule has 6 nitrogen and oxygen atoms in total. The van der Waals surface area contributed by atoms with Crippen molar-refractivity contribution in [3.63, 3.8) is 0 Å². The summed E-state index contributed by atoms with van der Waals surface area (Å²) < 4.78 is 45.3. The van der Waals surface area contributed by atoms with Gasteiger partial charge >= 0.3 is 0 Å². The number of hydrogen-bond acceptors (Lipinski definition) is 5. The van der Waals surface area contributed by atoms with Gasteiger partial charge in [0.2, 0.25) is 9.84 Å². The molecule has 1 aliphatic heterocycles. The number of hydrogen-bond donors (Lipinski definition) is 2. The monoisotopic (exact) mass is 455 g/mol. The van der Waals surface area contributed by atoms with Gasteiger partial charge in [-0.15, -0.1) is 0 Å². The number of aliphatic hydroxyl groups excluding tert-OH is 1. The molecule has 4 rings (SSSR count). The van der Waals surface area contributed by atoms with E-state index in [-0.39, 0.29) is 15.4 Å². The predicted octanol–water partition coefficient (Wildman–Crippen LogP) is 3.66. The summed E-state index contributed by atoms with van der Waals surface area (Å²) in [7, 11) is -3.82. The number of nitrogens with one attached hydrogen (secondary N) is 1. The third-order valence-corrected chi connectivity index (χ3v) is 7.24. The van der Waals surface area contributed by atoms with Crippen LogP contribution < -0.4 is 10.1 Å². The van der Waals surface area contributed by atoms with Gasteiger partial charge < -0.3 is 15.2 Å². The van der Waals surface area contributed by atoms with E-state index in [1.807, 2.05) is 0 Å². The molecule has 0 unspecified atom stereocenters. The molecule has 0 bridgehead atoms. The van der Waals surface area contributed by atoms with E-state index in [1.54, 1.807) is 32.0 Å². The van der Waals surface area contributed by atoms with E-state index >= 15 is 0 Å². The van der Waals surface area contributed by atoms with Crippen molar-refractivity contribution in [1.82, 2.24) is 5.32 Å². The SMILES string of the molecule is CC1(C)Oc2ccc(S(=O)(=O)c3ccccc3)cc2[C@@H](NC(=O)c2ccc(F)cc2)[C@@H]1O. The number of fused-ring (bicyclic) bond motifs is 1. The maximum absolute atomic E-state index is 13.2. The Hall–Kier alpha value is -3.23. The Balaban J connectivity index is 1.76. The van der Waals surface area contributed by atoms with Crippen LogP contribution in [0.4, 0.5) is 4.39 Å². The Morgan fingerprint density at radius 2 is 1.66 bits per heavy atom. The fourth-order valence-electron chi connectivity index (χ4n) is 3.66. The second kappa shape index (κ2) is 8.03. The number of carbonyl (C=O) groups is 1. The molecule has 2 atom stereocenters. The van der Waals surface area contributed by atoms with E-state index in [2.05, 4.69) is 5.32 Å². The number of amides is 1. The molecular weight excluding hydrogens is 433 g/mol. The summed E-state index contributed by atoms with van der Waals surface area (Å²) in [5, 5.41) is 13.7. The first kappa shape index (κ1) is 22.0. The number of benzene rings is 3. The lowest BCUT2D eigenvalue weighted by molar-refractivity contribution is -0.0628. The van der Waals surface area contributed by atoms with Crippen LogP contribution in [0.5, 0.6) is 5.75 Å². The van der Waals surface area contributed by atoms with Crippen molar-refractivity contribution in [3.8, 4) is 5.75 Å². The molecule has 0 spiro atoms. The van der Waals surface area contributed by atoms with Crippen LogP contribution in [-0.4, -0.2) is 31.1 Å². The molecule has 1 amide bonds. The summed E-state index contributed by atoms with van der Waals surface area (Å²) in [5.41, 5.74) is -0.505. The van der Waals surface area contributed by atoms with E-state index in [9.17, 15) is 22.7 Å². The predicted molar refractivity (Wildman–Crippen MR) is 116 cm³/mol. The molecule has 0 aliphatic carbocycles. The van der Waals surface area contributed by atoms with Crippen molar-refractivity contribution in [1.29, 1.82) is 0 Å². The molecular formula is C24H22FNO5S. The minimum Gasteiger partial charge on any atom is -0.485 e. The highest BCUT2D eigenvalue weighted by molar-refractivity contribution is 7.91. The first-order valence-corrected chi connectivity index (χ1v) is 11.5. The fraction of sp³-hybridized carbons (Fsp3) is 0.208. The molecule has 0 radical (unpaired) electrons. The van der Waals surface area contributed by atoms with Crippen LogP contribution >= 0.6 is 0 Å². The number of aliphatic hydroxyl groups is 1. The smallest absolute Gasteiger partial charge is 0.251 e. The number of ether oxygens (including phenoxy) is 1. The molecule has 1 heterocycles. The van der Waals surface area contributed by atoms with Crippen LogP contribution in [0.15, 0.2) is 82.6 Å². The quantitative estimate of drug-likeness (QED) is 0.626. The van der Waals surface area contributed by atoms with Crippen molar-refractivity contribution in [3.05, 3.63) is 89.7 Å². The number of halogens is 1. The second-order valence-electron chi connectivity index (χ2n) is 8.12. The van der Waals surface area contributed by atoms with E-state index in [4.69, 9.17) is 4.74 Å². The molecule has 166 valence electrons. The van der Waals surface area contributed by atoms with Crippen molar-refractivity contribution in [2.75, 3.05) is 0 Å². The van der Waals surface area contributed by atoms with Gasteiger partial charge in [-0.25, -0.2) is 12.8 Å². The Bertz CT molecular complexity index is 1260. The molecule has 0 saturated carbocycles. The fourth-order valence-corrected chi connectivity index (χ4v) is 4.98. The molecule has 0 fully saturated rings. The first-order valence-electron chi connectivity index (χ1n) is 9.97. The minimum atomic E-state index is -3.82. The third kappa shape index (κ3) is 3.99. The van der Waals surface area contributed by atoms with E-state index < -0.39 is 39.3 Å². The van der Waals surface area contributed by atoms with Crippen LogP contribution in [0.1, 0.15) is 35.8 Å². The number of rotatable bonds is 4.